The van der Waals surface area contributed by atoms with Gasteiger partial charge in [-0.05, 0) is 42.9 Å². The smallest absolute Gasteiger partial charge is 0.325 e. The van der Waals surface area contributed by atoms with E-state index in [1.807, 2.05) is 24.3 Å². The molecule has 1 fully saturated rings. The van der Waals surface area contributed by atoms with E-state index in [1.54, 1.807) is 6.92 Å². The maximum atomic E-state index is 12.7. The molecule has 23 heavy (non-hydrogen) atoms. The fourth-order valence-corrected chi connectivity index (χ4v) is 2.81. The number of nitrogens with one attached hydrogen (secondary N) is 1. The molecule has 1 saturated heterocycles. The Balaban J connectivity index is 2.21. The molecule has 1 atom stereocenters. The van der Waals surface area contributed by atoms with Gasteiger partial charge in [-0.1, -0.05) is 45.0 Å². The van der Waals surface area contributed by atoms with Crippen molar-refractivity contribution in [1.82, 2.24) is 10.2 Å². The third-order valence-corrected chi connectivity index (χ3v) is 4.44. The van der Waals surface area contributed by atoms with Gasteiger partial charge < -0.3 is 11.1 Å². The molecule has 0 radical (unpaired) electrons. The first kappa shape index (κ1) is 17.5. The Hall–Kier alpha value is -1.88. The van der Waals surface area contributed by atoms with Gasteiger partial charge in [-0.25, -0.2) is 4.79 Å². The molecule has 0 bridgehead atoms. The molecule has 0 aromatic heterocycles. The number of urea groups is 1. The fraction of sp³-hybridized carbons (Fsp3) is 0.556. The van der Waals surface area contributed by atoms with Gasteiger partial charge >= 0.3 is 6.03 Å². The monoisotopic (exact) mass is 317 g/mol. The number of hydrogen-bond acceptors (Lipinski definition) is 3. The van der Waals surface area contributed by atoms with Crippen LogP contribution in [-0.4, -0.2) is 29.9 Å². The van der Waals surface area contributed by atoms with E-state index in [0.29, 0.717) is 13.1 Å². The van der Waals surface area contributed by atoms with Crippen molar-refractivity contribution in [1.29, 1.82) is 0 Å². The summed E-state index contributed by atoms with van der Waals surface area (Å²) in [6.07, 6.45) is 1.53. The summed E-state index contributed by atoms with van der Waals surface area (Å²) < 4.78 is 0. The number of hydrogen-bond donors (Lipinski definition) is 2. The Labute approximate surface area is 138 Å². The number of unbranched alkanes of at least 4 members (excludes halogenated alkanes) is 1. The molecule has 3 amide bonds. The third-order valence-electron chi connectivity index (χ3n) is 4.44. The van der Waals surface area contributed by atoms with Crippen molar-refractivity contribution in [3.05, 3.63) is 35.4 Å². The molecule has 1 unspecified atom stereocenters. The molecule has 5 nitrogen and oxygen atoms in total. The highest BCUT2D eigenvalue weighted by Gasteiger charge is 2.48. The number of nitrogens with zero attached hydrogens (tertiary/aromatic N) is 1. The van der Waals surface area contributed by atoms with Gasteiger partial charge in [-0.2, -0.15) is 0 Å². The summed E-state index contributed by atoms with van der Waals surface area (Å²) >= 11 is 0. The molecule has 1 aromatic carbocycles. The summed E-state index contributed by atoms with van der Waals surface area (Å²) in [6, 6.07) is 7.59. The zero-order chi connectivity index (χ0) is 17.3. The second kappa shape index (κ2) is 6.32. The highest BCUT2D eigenvalue weighted by Crippen LogP contribution is 2.31. The van der Waals surface area contributed by atoms with Crippen LogP contribution in [0.3, 0.4) is 0 Å². The first-order valence-corrected chi connectivity index (χ1v) is 8.15. The number of benzene rings is 1. The summed E-state index contributed by atoms with van der Waals surface area (Å²) in [5, 5.41) is 2.84. The van der Waals surface area contributed by atoms with Crippen LogP contribution in [0.5, 0.6) is 0 Å². The lowest BCUT2D eigenvalue weighted by atomic mass is 9.84. The lowest BCUT2D eigenvalue weighted by Crippen LogP contribution is -2.41. The molecule has 0 aliphatic carbocycles. The van der Waals surface area contributed by atoms with Crippen LogP contribution in [0, 0.1) is 0 Å². The molecule has 5 heteroatoms. The van der Waals surface area contributed by atoms with Crippen molar-refractivity contribution in [3.63, 3.8) is 0 Å². The largest absolute Gasteiger partial charge is 0.330 e. The third kappa shape index (κ3) is 3.39. The average molecular weight is 317 g/mol. The minimum absolute atomic E-state index is 0.0522. The second-order valence-electron chi connectivity index (χ2n) is 7.34. The number of nitrogens with two attached hydrogens (primary N) is 1. The fourth-order valence-electron chi connectivity index (χ4n) is 2.81. The van der Waals surface area contributed by atoms with Crippen LogP contribution in [0.25, 0.3) is 0 Å². The van der Waals surface area contributed by atoms with E-state index in [-0.39, 0.29) is 17.4 Å². The minimum atomic E-state index is -0.990. The number of carbonyl (C=O) groups excluding carboxylic acids is 2. The molecule has 3 N–H and O–H groups in total. The van der Waals surface area contributed by atoms with E-state index in [1.165, 1.54) is 10.5 Å². The van der Waals surface area contributed by atoms with Crippen LogP contribution in [0.15, 0.2) is 24.3 Å². The maximum Gasteiger partial charge on any atom is 0.325 e. The lowest BCUT2D eigenvalue weighted by Gasteiger charge is -2.24. The van der Waals surface area contributed by atoms with Gasteiger partial charge in [-0.15, -0.1) is 0 Å². The molecular formula is C18H27N3O2. The van der Waals surface area contributed by atoms with Gasteiger partial charge in [0.05, 0.1) is 0 Å². The summed E-state index contributed by atoms with van der Waals surface area (Å²) in [5.74, 6) is -0.192. The van der Waals surface area contributed by atoms with E-state index in [0.717, 1.165) is 18.4 Å². The molecule has 1 aliphatic rings. The quantitative estimate of drug-likeness (QED) is 0.647. The Morgan fingerprint density at radius 2 is 1.74 bits per heavy atom. The van der Waals surface area contributed by atoms with E-state index >= 15 is 0 Å². The highest BCUT2D eigenvalue weighted by atomic mass is 16.2. The molecular weight excluding hydrogens is 290 g/mol. The van der Waals surface area contributed by atoms with Crippen molar-refractivity contribution >= 4 is 11.9 Å². The van der Waals surface area contributed by atoms with Crippen molar-refractivity contribution in [3.8, 4) is 0 Å². The van der Waals surface area contributed by atoms with Gasteiger partial charge in [0.15, 0.2) is 0 Å². The van der Waals surface area contributed by atoms with Crippen molar-refractivity contribution in [2.75, 3.05) is 13.1 Å². The number of amides is 3. The van der Waals surface area contributed by atoms with Gasteiger partial charge in [0.25, 0.3) is 5.91 Å². The van der Waals surface area contributed by atoms with Gasteiger partial charge in [0.1, 0.15) is 5.54 Å². The first-order valence-electron chi connectivity index (χ1n) is 8.15. The van der Waals surface area contributed by atoms with Gasteiger partial charge in [-0.3, -0.25) is 9.69 Å². The molecule has 126 valence electrons. The van der Waals surface area contributed by atoms with Crippen LogP contribution in [-0.2, 0) is 15.7 Å². The Kier molecular flexibility index (Phi) is 4.80. The van der Waals surface area contributed by atoms with E-state index in [2.05, 4.69) is 26.1 Å². The van der Waals surface area contributed by atoms with Crippen molar-refractivity contribution < 1.29 is 9.59 Å². The van der Waals surface area contributed by atoms with E-state index < -0.39 is 5.54 Å². The molecule has 0 saturated carbocycles. The van der Waals surface area contributed by atoms with Crippen molar-refractivity contribution in [2.45, 2.75) is 51.5 Å². The summed E-state index contributed by atoms with van der Waals surface area (Å²) in [5.41, 5.74) is 6.54. The molecule has 0 spiro atoms. The summed E-state index contributed by atoms with van der Waals surface area (Å²) in [4.78, 5) is 26.2. The Bertz CT molecular complexity index is 589. The molecule has 1 heterocycles. The van der Waals surface area contributed by atoms with Crippen LogP contribution in [0.1, 0.15) is 51.7 Å². The summed E-state index contributed by atoms with van der Waals surface area (Å²) in [7, 11) is 0. The number of rotatable bonds is 5. The van der Waals surface area contributed by atoms with E-state index in [4.69, 9.17) is 5.73 Å². The SMILES string of the molecule is CC(C)(C)c1ccc(C2(C)NC(=O)N(CCCCN)C2=O)cc1. The average Bonchev–Trinajstić information content (AvgIpc) is 2.71. The zero-order valence-corrected chi connectivity index (χ0v) is 14.5. The zero-order valence-electron chi connectivity index (χ0n) is 14.5. The van der Waals surface area contributed by atoms with Crippen LogP contribution in [0.2, 0.25) is 0 Å². The topological polar surface area (TPSA) is 75.4 Å². The Morgan fingerprint density at radius 3 is 2.26 bits per heavy atom. The van der Waals surface area contributed by atoms with Crippen LogP contribution < -0.4 is 11.1 Å². The normalized spacial score (nSPS) is 21.7. The second-order valence-corrected chi connectivity index (χ2v) is 7.34. The highest BCUT2D eigenvalue weighted by molar-refractivity contribution is 6.07. The van der Waals surface area contributed by atoms with Crippen LogP contribution >= 0.6 is 0 Å². The van der Waals surface area contributed by atoms with Crippen molar-refractivity contribution in [2.24, 2.45) is 5.73 Å². The lowest BCUT2D eigenvalue weighted by molar-refractivity contribution is -0.131. The predicted octanol–water partition coefficient (Wildman–Crippen LogP) is 2.49. The van der Waals surface area contributed by atoms with Crippen LogP contribution in [0.4, 0.5) is 4.79 Å². The minimum Gasteiger partial charge on any atom is -0.330 e. The predicted molar refractivity (Wildman–Crippen MR) is 91.0 cm³/mol. The standard InChI is InChI=1S/C18H27N3O2/c1-17(2,3)13-7-9-14(10-8-13)18(4)15(22)21(16(23)20-18)12-6-5-11-19/h7-10H,5-6,11-12,19H2,1-4H3,(H,20,23). The summed E-state index contributed by atoms with van der Waals surface area (Å²) in [6.45, 7) is 9.18. The number of carbonyl (C=O) groups is 2. The molecule has 1 aliphatic heterocycles. The van der Waals surface area contributed by atoms with Gasteiger partial charge in [0.2, 0.25) is 0 Å². The van der Waals surface area contributed by atoms with Gasteiger partial charge in [0, 0.05) is 6.54 Å². The molecule has 1 aromatic rings. The van der Waals surface area contributed by atoms with E-state index in [9.17, 15) is 9.59 Å². The first-order chi connectivity index (χ1) is 10.7. The maximum absolute atomic E-state index is 12.7. The number of imide groups is 1. The molecule has 2 rings (SSSR count). The Morgan fingerprint density at radius 1 is 1.13 bits per heavy atom.